The molecule has 3 atom stereocenters. The standard InChI is InChI=1S/C15H21NO2.4C2H6/c1-16-9-5-8-15(10-13(17)11-18-15)14(16)12-6-3-2-4-7-12;4*1-2/h2-4,6-7,13-14,17H,5,8-11H2,1H3;4*1-2H3. The summed E-state index contributed by atoms with van der Waals surface area (Å²) in [6.45, 7) is 17.6. The molecule has 2 heterocycles. The Morgan fingerprint density at radius 1 is 0.962 bits per heavy atom. The van der Waals surface area contributed by atoms with E-state index in [0.717, 1.165) is 25.8 Å². The van der Waals surface area contributed by atoms with Gasteiger partial charge in [-0.15, -0.1) is 0 Å². The number of hydrogen-bond acceptors (Lipinski definition) is 3. The van der Waals surface area contributed by atoms with Gasteiger partial charge in [0.25, 0.3) is 0 Å². The summed E-state index contributed by atoms with van der Waals surface area (Å²) in [6.07, 6.45) is 2.65. The second-order valence-corrected chi connectivity index (χ2v) is 5.63. The van der Waals surface area contributed by atoms with Crippen molar-refractivity contribution in [2.24, 2.45) is 0 Å². The van der Waals surface area contributed by atoms with Gasteiger partial charge in [0.15, 0.2) is 0 Å². The van der Waals surface area contributed by atoms with Crippen LogP contribution in [0.25, 0.3) is 0 Å². The second kappa shape index (κ2) is 16.3. The van der Waals surface area contributed by atoms with Crippen LogP contribution in [0, 0.1) is 0 Å². The fraction of sp³-hybridized carbons (Fsp3) is 0.739. The number of likely N-dealkylation sites (N-methyl/N-ethyl adjacent to an activating group) is 1. The summed E-state index contributed by atoms with van der Waals surface area (Å²) in [5, 5.41) is 9.85. The Bertz CT molecular complexity index is 406. The first-order valence-electron chi connectivity index (χ1n) is 10.8. The summed E-state index contributed by atoms with van der Waals surface area (Å²) in [4.78, 5) is 2.37. The molecule has 2 aliphatic rings. The number of piperidine rings is 1. The van der Waals surface area contributed by atoms with Crippen LogP contribution in [0.3, 0.4) is 0 Å². The van der Waals surface area contributed by atoms with Crippen molar-refractivity contribution in [2.45, 2.75) is 92.4 Å². The lowest BCUT2D eigenvalue weighted by Crippen LogP contribution is -2.49. The fourth-order valence-corrected chi connectivity index (χ4v) is 3.63. The number of nitrogens with zero attached hydrogens (tertiary/aromatic N) is 1. The summed E-state index contributed by atoms with van der Waals surface area (Å²) in [6, 6.07) is 10.8. The Labute approximate surface area is 163 Å². The van der Waals surface area contributed by atoms with Crippen LogP contribution in [0.15, 0.2) is 30.3 Å². The van der Waals surface area contributed by atoms with Crippen LogP contribution < -0.4 is 0 Å². The van der Waals surface area contributed by atoms with E-state index in [0.29, 0.717) is 6.61 Å². The van der Waals surface area contributed by atoms with E-state index in [1.54, 1.807) is 0 Å². The minimum atomic E-state index is -0.303. The molecule has 154 valence electrons. The Morgan fingerprint density at radius 3 is 1.96 bits per heavy atom. The highest BCUT2D eigenvalue weighted by molar-refractivity contribution is 5.24. The lowest BCUT2D eigenvalue weighted by atomic mass is 9.78. The molecule has 3 rings (SSSR count). The Morgan fingerprint density at radius 2 is 1.50 bits per heavy atom. The molecule has 1 aromatic carbocycles. The van der Waals surface area contributed by atoms with Gasteiger partial charge in [-0.2, -0.15) is 0 Å². The molecule has 1 N–H and O–H groups in total. The molecule has 26 heavy (non-hydrogen) atoms. The Balaban J connectivity index is 0. The van der Waals surface area contributed by atoms with Crippen molar-refractivity contribution >= 4 is 0 Å². The van der Waals surface area contributed by atoms with Crippen LogP contribution in [-0.4, -0.2) is 41.9 Å². The average Bonchev–Trinajstić information content (AvgIpc) is 3.09. The summed E-state index contributed by atoms with van der Waals surface area (Å²) in [7, 11) is 2.16. The van der Waals surface area contributed by atoms with E-state index in [9.17, 15) is 5.11 Å². The van der Waals surface area contributed by atoms with Crippen molar-refractivity contribution < 1.29 is 9.84 Å². The van der Waals surface area contributed by atoms with E-state index in [1.165, 1.54) is 5.56 Å². The van der Waals surface area contributed by atoms with Gasteiger partial charge < -0.3 is 9.84 Å². The zero-order valence-electron chi connectivity index (χ0n) is 18.9. The number of benzene rings is 1. The molecule has 1 aromatic rings. The van der Waals surface area contributed by atoms with Crippen molar-refractivity contribution in [3.05, 3.63) is 35.9 Å². The van der Waals surface area contributed by atoms with Gasteiger partial charge in [0, 0.05) is 6.42 Å². The average molecular weight is 368 g/mol. The van der Waals surface area contributed by atoms with Crippen LogP contribution in [0.1, 0.15) is 86.3 Å². The molecule has 0 aromatic heterocycles. The predicted octanol–water partition coefficient (Wildman–Crippen LogP) is 6.08. The molecule has 1 spiro atoms. The Hall–Kier alpha value is -0.900. The predicted molar refractivity (Wildman–Crippen MR) is 116 cm³/mol. The van der Waals surface area contributed by atoms with Gasteiger partial charge in [0.05, 0.1) is 24.4 Å². The van der Waals surface area contributed by atoms with Crippen molar-refractivity contribution in [1.82, 2.24) is 4.90 Å². The molecule has 0 bridgehead atoms. The molecular weight excluding hydrogens is 322 g/mol. The van der Waals surface area contributed by atoms with Crippen LogP contribution in [0.2, 0.25) is 0 Å². The highest BCUT2D eigenvalue weighted by Crippen LogP contribution is 2.46. The SMILES string of the molecule is CC.CC.CC.CC.CN1CCCC2(CC(O)CO2)C1c1ccccc1. The zero-order valence-corrected chi connectivity index (χ0v) is 18.9. The fourth-order valence-electron chi connectivity index (χ4n) is 3.63. The summed E-state index contributed by atoms with van der Waals surface area (Å²) < 4.78 is 6.04. The number of likely N-dealkylation sites (tertiary alicyclic amines) is 1. The van der Waals surface area contributed by atoms with E-state index in [-0.39, 0.29) is 17.7 Å². The molecule has 3 nitrogen and oxygen atoms in total. The maximum absolute atomic E-state index is 9.85. The van der Waals surface area contributed by atoms with Crippen molar-refractivity contribution in [2.75, 3.05) is 20.2 Å². The van der Waals surface area contributed by atoms with E-state index in [2.05, 4.69) is 36.2 Å². The molecular formula is C23H45NO2. The molecule has 2 saturated heterocycles. The topological polar surface area (TPSA) is 32.7 Å². The van der Waals surface area contributed by atoms with E-state index >= 15 is 0 Å². The maximum Gasteiger partial charge on any atom is 0.0905 e. The lowest BCUT2D eigenvalue weighted by molar-refractivity contribution is -0.0904. The molecule has 2 fully saturated rings. The van der Waals surface area contributed by atoms with E-state index in [4.69, 9.17) is 4.74 Å². The van der Waals surface area contributed by atoms with Crippen molar-refractivity contribution in [1.29, 1.82) is 0 Å². The van der Waals surface area contributed by atoms with E-state index < -0.39 is 0 Å². The first-order chi connectivity index (χ1) is 12.7. The first kappa shape index (κ1) is 27.3. The highest BCUT2D eigenvalue weighted by Gasteiger charge is 2.49. The van der Waals surface area contributed by atoms with Gasteiger partial charge in [-0.3, -0.25) is 4.90 Å². The normalized spacial score (nSPS) is 26.7. The highest BCUT2D eigenvalue weighted by atomic mass is 16.5. The Kier molecular flexibility index (Phi) is 17.1. The zero-order chi connectivity index (χ0) is 20.6. The van der Waals surface area contributed by atoms with Gasteiger partial charge in [0.1, 0.15) is 0 Å². The monoisotopic (exact) mass is 367 g/mol. The van der Waals surface area contributed by atoms with Crippen LogP contribution in [0.4, 0.5) is 0 Å². The van der Waals surface area contributed by atoms with Gasteiger partial charge in [0.2, 0.25) is 0 Å². The van der Waals surface area contributed by atoms with Crippen LogP contribution in [0.5, 0.6) is 0 Å². The number of hydrogen-bond donors (Lipinski definition) is 1. The molecule has 3 heteroatoms. The number of aliphatic hydroxyl groups is 1. The lowest BCUT2D eigenvalue weighted by Gasteiger charge is -2.46. The van der Waals surface area contributed by atoms with Crippen molar-refractivity contribution in [3.63, 3.8) is 0 Å². The molecule has 0 aliphatic carbocycles. The van der Waals surface area contributed by atoms with Crippen LogP contribution in [-0.2, 0) is 4.74 Å². The quantitative estimate of drug-likeness (QED) is 0.653. The minimum Gasteiger partial charge on any atom is -0.391 e. The molecule has 2 aliphatic heterocycles. The largest absolute Gasteiger partial charge is 0.391 e. The minimum absolute atomic E-state index is 0.187. The van der Waals surface area contributed by atoms with Gasteiger partial charge in [-0.1, -0.05) is 85.7 Å². The second-order valence-electron chi connectivity index (χ2n) is 5.63. The number of aliphatic hydroxyl groups excluding tert-OH is 1. The maximum atomic E-state index is 9.85. The summed E-state index contributed by atoms with van der Waals surface area (Å²) >= 11 is 0. The third-order valence-corrected chi connectivity index (χ3v) is 4.31. The number of rotatable bonds is 1. The molecule has 0 saturated carbocycles. The smallest absolute Gasteiger partial charge is 0.0905 e. The molecule has 3 unspecified atom stereocenters. The first-order valence-corrected chi connectivity index (χ1v) is 10.8. The summed E-state index contributed by atoms with van der Waals surface area (Å²) in [5.74, 6) is 0. The number of ether oxygens (including phenoxy) is 1. The molecule has 0 radical (unpaired) electrons. The van der Waals surface area contributed by atoms with Crippen LogP contribution >= 0.6 is 0 Å². The third kappa shape index (κ3) is 7.38. The summed E-state index contributed by atoms with van der Waals surface area (Å²) in [5.41, 5.74) is 1.11. The third-order valence-electron chi connectivity index (χ3n) is 4.31. The van der Waals surface area contributed by atoms with Gasteiger partial charge >= 0.3 is 0 Å². The van der Waals surface area contributed by atoms with Crippen molar-refractivity contribution in [3.8, 4) is 0 Å². The molecule has 0 amide bonds. The van der Waals surface area contributed by atoms with E-state index in [1.807, 2.05) is 61.5 Å². The van der Waals surface area contributed by atoms with Gasteiger partial charge in [-0.25, -0.2) is 0 Å². The van der Waals surface area contributed by atoms with Gasteiger partial charge in [-0.05, 0) is 32.0 Å².